The minimum Gasteiger partial charge on any atom is -0.491 e. The van der Waals surface area contributed by atoms with E-state index in [-0.39, 0.29) is 6.61 Å². The van der Waals surface area contributed by atoms with Crippen LogP contribution >= 0.6 is 0 Å². The van der Waals surface area contributed by atoms with Crippen molar-refractivity contribution in [1.82, 2.24) is 15.0 Å². The molecule has 2 aromatic carbocycles. The quantitative estimate of drug-likeness (QED) is 0.786. The van der Waals surface area contributed by atoms with Gasteiger partial charge in [-0.05, 0) is 37.6 Å². The number of aliphatic hydroxyl groups is 1. The third-order valence-electron chi connectivity index (χ3n) is 3.57. The van der Waals surface area contributed by atoms with Crippen molar-refractivity contribution in [3.8, 4) is 5.75 Å². The van der Waals surface area contributed by atoms with E-state index in [0.717, 1.165) is 22.3 Å². The Balaban J connectivity index is 1.64. The lowest BCUT2D eigenvalue weighted by Gasteiger charge is -2.14. The predicted octanol–water partition coefficient (Wildman–Crippen LogP) is 2.49. The van der Waals surface area contributed by atoms with E-state index in [2.05, 4.69) is 16.4 Å². The molecule has 0 aliphatic rings. The van der Waals surface area contributed by atoms with Crippen molar-refractivity contribution >= 4 is 11.0 Å². The number of hydrogen-bond acceptors (Lipinski definition) is 4. The van der Waals surface area contributed by atoms with Crippen LogP contribution in [0.15, 0.2) is 42.5 Å². The van der Waals surface area contributed by atoms with E-state index in [1.54, 1.807) is 4.68 Å². The summed E-state index contributed by atoms with van der Waals surface area (Å²) in [6.45, 7) is 4.62. The van der Waals surface area contributed by atoms with Crippen molar-refractivity contribution in [2.45, 2.75) is 26.5 Å². The van der Waals surface area contributed by atoms with Crippen molar-refractivity contribution in [2.24, 2.45) is 0 Å². The molecule has 0 amide bonds. The van der Waals surface area contributed by atoms with E-state index in [1.807, 2.05) is 50.2 Å². The molecule has 5 heteroatoms. The van der Waals surface area contributed by atoms with Gasteiger partial charge in [0.25, 0.3) is 0 Å². The summed E-state index contributed by atoms with van der Waals surface area (Å²) < 4.78 is 7.40. The topological polar surface area (TPSA) is 60.2 Å². The van der Waals surface area contributed by atoms with Gasteiger partial charge in [0.2, 0.25) is 0 Å². The van der Waals surface area contributed by atoms with Gasteiger partial charge in [0.05, 0.1) is 12.1 Å². The molecule has 114 valence electrons. The van der Waals surface area contributed by atoms with Gasteiger partial charge < -0.3 is 9.84 Å². The number of benzene rings is 2. The maximum Gasteiger partial charge on any atom is 0.122 e. The van der Waals surface area contributed by atoms with Gasteiger partial charge in [0, 0.05) is 0 Å². The molecule has 5 nitrogen and oxygen atoms in total. The van der Waals surface area contributed by atoms with Crippen LogP contribution in [0.25, 0.3) is 11.0 Å². The van der Waals surface area contributed by atoms with Crippen LogP contribution in [-0.2, 0) is 6.54 Å². The third kappa shape index (κ3) is 3.09. The van der Waals surface area contributed by atoms with E-state index in [0.29, 0.717) is 6.54 Å². The first kappa shape index (κ1) is 14.5. The molecule has 0 saturated carbocycles. The fraction of sp³-hybridized carbons (Fsp3) is 0.294. The van der Waals surface area contributed by atoms with Crippen molar-refractivity contribution in [3.63, 3.8) is 0 Å². The Morgan fingerprint density at radius 3 is 2.82 bits per heavy atom. The van der Waals surface area contributed by atoms with Crippen LogP contribution < -0.4 is 4.74 Å². The molecule has 1 atom stereocenters. The van der Waals surface area contributed by atoms with Crippen LogP contribution in [0.3, 0.4) is 0 Å². The number of aryl methyl sites for hydroxylation is 2. The summed E-state index contributed by atoms with van der Waals surface area (Å²) in [6, 6.07) is 13.7. The van der Waals surface area contributed by atoms with Crippen LogP contribution in [-0.4, -0.2) is 32.8 Å². The zero-order valence-corrected chi connectivity index (χ0v) is 12.7. The maximum absolute atomic E-state index is 10.2. The summed E-state index contributed by atoms with van der Waals surface area (Å²) >= 11 is 0. The Morgan fingerprint density at radius 1 is 1.18 bits per heavy atom. The van der Waals surface area contributed by atoms with E-state index in [1.165, 1.54) is 5.56 Å². The van der Waals surface area contributed by atoms with Crippen molar-refractivity contribution in [1.29, 1.82) is 0 Å². The molecule has 0 radical (unpaired) electrons. The van der Waals surface area contributed by atoms with Crippen LogP contribution in [0.5, 0.6) is 5.75 Å². The normalized spacial score (nSPS) is 12.5. The molecule has 1 N–H and O–H groups in total. The van der Waals surface area contributed by atoms with E-state index < -0.39 is 6.10 Å². The molecule has 0 unspecified atom stereocenters. The summed E-state index contributed by atoms with van der Waals surface area (Å²) in [5, 5.41) is 18.3. The number of aromatic nitrogens is 3. The molecule has 0 saturated heterocycles. The second-order valence-corrected chi connectivity index (χ2v) is 5.49. The van der Waals surface area contributed by atoms with Gasteiger partial charge in [-0.2, -0.15) is 0 Å². The number of nitrogens with zero attached hydrogens (tertiary/aromatic N) is 3. The Bertz CT molecular complexity index is 782. The molecule has 22 heavy (non-hydrogen) atoms. The number of hydrogen-bond donors (Lipinski definition) is 1. The standard InChI is InChI=1S/C17H19N3O2/c1-12-7-8-17(13(2)9-12)22-11-14(21)10-20-16-6-4-3-5-15(16)18-19-20/h3-9,14,21H,10-11H2,1-2H3/t14-/m1/s1. The number of fused-ring (bicyclic) bond motifs is 1. The molecule has 1 aromatic heterocycles. The minimum atomic E-state index is -0.647. The average Bonchev–Trinajstić information content (AvgIpc) is 2.90. The first-order valence-corrected chi connectivity index (χ1v) is 7.30. The van der Waals surface area contributed by atoms with Gasteiger partial charge in [-0.15, -0.1) is 5.10 Å². The van der Waals surface area contributed by atoms with Gasteiger partial charge in [-0.25, -0.2) is 4.68 Å². The molecular formula is C17H19N3O2. The third-order valence-corrected chi connectivity index (χ3v) is 3.57. The van der Waals surface area contributed by atoms with E-state index in [4.69, 9.17) is 4.74 Å². The van der Waals surface area contributed by atoms with Crippen LogP contribution in [0, 0.1) is 13.8 Å². The highest BCUT2D eigenvalue weighted by Gasteiger charge is 2.11. The van der Waals surface area contributed by atoms with E-state index >= 15 is 0 Å². The summed E-state index contributed by atoms with van der Waals surface area (Å²) in [7, 11) is 0. The van der Waals surface area contributed by atoms with Gasteiger partial charge in [0.1, 0.15) is 24.0 Å². The highest BCUT2D eigenvalue weighted by atomic mass is 16.5. The van der Waals surface area contributed by atoms with Crippen molar-refractivity contribution < 1.29 is 9.84 Å². The zero-order chi connectivity index (χ0) is 15.5. The molecule has 0 fully saturated rings. The van der Waals surface area contributed by atoms with Gasteiger partial charge in [-0.1, -0.05) is 35.0 Å². The monoisotopic (exact) mass is 297 g/mol. The number of para-hydroxylation sites is 1. The maximum atomic E-state index is 10.2. The zero-order valence-electron chi connectivity index (χ0n) is 12.7. The Hall–Kier alpha value is -2.40. The highest BCUT2D eigenvalue weighted by Crippen LogP contribution is 2.19. The first-order chi connectivity index (χ1) is 10.6. The van der Waals surface area contributed by atoms with Crippen LogP contribution in [0.2, 0.25) is 0 Å². The summed E-state index contributed by atoms with van der Waals surface area (Å²) in [4.78, 5) is 0. The lowest BCUT2D eigenvalue weighted by Crippen LogP contribution is -2.24. The second kappa shape index (κ2) is 6.15. The smallest absolute Gasteiger partial charge is 0.122 e. The molecule has 0 bridgehead atoms. The van der Waals surface area contributed by atoms with E-state index in [9.17, 15) is 5.11 Å². The number of rotatable bonds is 5. The molecule has 0 aliphatic heterocycles. The minimum absolute atomic E-state index is 0.220. The summed E-state index contributed by atoms with van der Waals surface area (Å²) in [5.74, 6) is 0.799. The molecule has 3 aromatic rings. The van der Waals surface area contributed by atoms with Gasteiger partial charge in [0.15, 0.2) is 0 Å². The Kier molecular flexibility index (Phi) is 4.06. The lowest BCUT2D eigenvalue weighted by molar-refractivity contribution is 0.0896. The SMILES string of the molecule is Cc1ccc(OC[C@H](O)Cn2nnc3ccccc32)c(C)c1. The van der Waals surface area contributed by atoms with Gasteiger partial charge >= 0.3 is 0 Å². The summed E-state index contributed by atoms with van der Waals surface area (Å²) in [5.41, 5.74) is 4.00. The van der Waals surface area contributed by atoms with Crippen LogP contribution in [0.1, 0.15) is 11.1 Å². The van der Waals surface area contributed by atoms with Crippen molar-refractivity contribution in [3.05, 3.63) is 53.6 Å². The number of ether oxygens (including phenoxy) is 1. The Morgan fingerprint density at radius 2 is 2.00 bits per heavy atom. The molecule has 0 spiro atoms. The molecule has 3 rings (SSSR count). The molecule has 1 heterocycles. The predicted molar refractivity (Wildman–Crippen MR) is 84.9 cm³/mol. The van der Waals surface area contributed by atoms with Crippen molar-refractivity contribution in [2.75, 3.05) is 6.61 Å². The first-order valence-electron chi connectivity index (χ1n) is 7.30. The average molecular weight is 297 g/mol. The molecular weight excluding hydrogens is 278 g/mol. The largest absolute Gasteiger partial charge is 0.491 e. The fourth-order valence-electron chi connectivity index (χ4n) is 2.45. The highest BCUT2D eigenvalue weighted by molar-refractivity contribution is 5.73. The summed E-state index contributed by atoms with van der Waals surface area (Å²) in [6.07, 6.45) is -0.647. The molecule has 0 aliphatic carbocycles. The second-order valence-electron chi connectivity index (χ2n) is 5.49. The van der Waals surface area contributed by atoms with Crippen LogP contribution in [0.4, 0.5) is 0 Å². The number of aliphatic hydroxyl groups excluding tert-OH is 1. The fourth-order valence-corrected chi connectivity index (χ4v) is 2.45. The Labute approximate surface area is 129 Å². The lowest BCUT2D eigenvalue weighted by atomic mass is 10.1. The van der Waals surface area contributed by atoms with Gasteiger partial charge in [-0.3, -0.25) is 0 Å².